The van der Waals surface area contributed by atoms with E-state index in [1.54, 1.807) is 60.7 Å². The van der Waals surface area contributed by atoms with Crippen LogP contribution in [0.5, 0.6) is 11.5 Å². The van der Waals surface area contributed by atoms with Gasteiger partial charge in [-0.3, -0.25) is 14.4 Å². The molecule has 0 aliphatic heterocycles. The maximum atomic E-state index is 13.2. The van der Waals surface area contributed by atoms with Gasteiger partial charge in [-0.05, 0) is 36.4 Å². The summed E-state index contributed by atoms with van der Waals surface area (Å²) in [6.45, 7) is 0. The van der Waals surface area contributed by atoms with Crippen molar-refractivity contribution in [3.05, 3.63) is 100.0 Å². The first-order chi connectivity index (χ1) is 17.0. The third-order valence-electron chi connectivity index (χ3n) is 5.19. The number of carbonyl (C=O) groups excluding carboxylic acids is 2. The normalized spacial score (nSPS) is 11.8. The Balaban J connectivity index is 1.67. The fourth-order valence-corrected chi connectivity index (χ4v) is 3.41. The number of amides is 2. The zero-order chi connectivity index (χ0) is 24.8. The van der Waals surface area contributed by atoms with Crippen molar-refractivity contribution in [3.8, 4) is 11.5 Å². The Morgan fingerprint density at radius 2 is 1.77 bits per heavy atom. The number of phenolic OH excluding ortho intramolecular Hbond substituents is 1. The minimum absolute atomic E-state index is 0.0639. The Kier molecular flexibility index (Phi) is 6.82. The third-order valence-corrected chi connectivity index (χ3v) is 5.19. The van der Waals surface area contributed by atoms with E-state index in [2.05, 4.69) is 26.0 Å². The highest BCUT2D eigenvalue weighted by molar-refractivity contribution is 5.99. The number of methoxy groups -OCH3 is 1. The predicted molar refractivity (Wildman–Crippen MR) is 129 cm³/mol. The van der Waals surface area contributed by atoms with Crippen LogP contribution in [0, 0.1) is 0 Å². The van der Waals surface area contributed by atoms with Crippen molar-refractivity contribution in [2.24, 2.45) is 5.10 Å². The fraction of sp³-hybridized carbons (Fsp3) is 0.0800. The van der Waals surface area contributed by atoms with Gasteiger partial charge in [-0.25, -0.2) is 10.5 Å². The molecular formula is C25H21N5O5. The number of hydrogen-bond donors (Lipinski definition) is 4. The second kappa shape index (κ2) is 10.3. The molecular weight excluding hydrogens is 450 g/mol. The maximum absolute atomic E-state index is 13.2. The van der Waals surface area contributed by atoms with Gasteiger partial charge in [-0.1, -0.05) is 36.4 Å². The molecule has 4 N–H and O–H groups in total. The molecule has 0 aliphatic carbocycles. The molecule has 0 bridgehead atoms. The lowest BCUT2D eigenvalue weighted by Gasteiger charge is -2.18. The van der Waals surface area contributed by atoms with Crippen LogP contribution in [-0.4, -0.2) is 40.4 Å². The fourth-order valence-electron chi connectivity index (χ4n) is 3.41. The number of phenols is 1. The Labute approximate surface area is 199 Å². The van der Waals surface area contributed by atoms with Gasteiger partial charge in [0, 0.05) is 16.5 Å². The minimum Gasteiger partial charge on any atom is -0.507 e. The van der Waals surface area contributed by atoms with E-state index >= 15 is 0 Å². The van der Waals surface area contributed by atoms with Crippen molar-refractivity contribution in [1.29, 1.82) is 0 Å². The number of aromatic amines is 1. The predicted octanol–water partition coefficient (Wildman–Crippen LogP) is 2.26. The van der Waals surface area contributed by atoms with E-state index in [1.807, 2.05) is 0 Å². The third kappa shape index (κ3) is 5.17. The summed E-state index contributed by atoms with van der Waals surface area (Å²) >= 11 is 0. The van der Waals surface area contributed by atoms with E-state index in [4.69, 9.17) is 4.74 Å². The zero-order valence-electron chi connectivity index (χ0n) is 18.6. The van der Waals surface area contributed by atoms with Crippen LogP contribution in [0.3, 0.4) is 0 Å². The molecule has 1 heterocycles. The highest BCUT2D eigenvalue weighted by Gasteiger charge is 2.27. The number of carbonyl (C=O) groups is 2. The first-order valence-corrected chi connectivity index (χ1v) is 10.5. The molecule has 0 unspecified atom stereocenters. The van der Waals surface area contributed by atoms with Crippen LogP contribution in [0.25, 0.3) is 10.8 Å². The summed E-state index contributed by atoms with van der Waals surface area (Å²) in [6, 6.07) is 18.2. The van der Waals surface area contributed by atoms with Crippen molar-refractivity contribution < 1.29 is 19.4 Å². The van der Waals surface area contributed by atoms with Gasteiger partial charge in [0.1, 0.15) is 17.2 Å². The highest BCUT2D eigenvalue weighted by Crippen LogP contribution is 2.22. The smallest absolute Gasteiger partial charge is 0.272 e. The van der Waals surface area contributed by atoms with E-state index < -0.39 is 23.4 Å². The van der Waals surface area contributed by atoms with Gasteiger partial charge in [0.2, 0.25) is 0 Å². The van der Waals surface area contributed by atoms with E-state index in [9.17, 15) is 19.5 Å². The molecule has 4 rings (SSSR count). The molecule has 2 amide bonds. The summed E-state index contributed by atoms with van der Waals surface area (Å²) in [5, 5.41) is 23.7. The SMILES string of the molecule is COc1ccc(O)c(/C=N\NC(=O)[C@H](NC(=O)c2ccccc2)c2n[nH]c(=O)c3ccccc23)c1. The van der Waals surface area contributed by atoms with Crippen LogP contribution >= 0.6 is 0 Å². The Morgan fingerprint density at radius 1 is 1.06 bits per heavy atom. The molecule has 35 heavy (non-hydrogen) atoms. The average Bonchev–Trinajstić information content (AvgIpc) is 2.89. The van der Waals surface area contributed by atoms with Crippen LogP contribution in [-0.2, 0) is 4.79 Å². The van der Waals surface area contributed by atoms with Crippen LogP contribution < -0.4 is 21.0 Å². The van der Waals surface area contributed by atoms with Crippen molar-refractivity contribution >= 4 is 28.8 Å². The molecule has 4 aromatic rings. The molecule has 0 radical (unpaired) electrons. The zero-order valence-corrected chi connectivity index (χ0v) is 18.6. The van der Waals surface area contributed by atoms with Gasteiger partial charge in [0.05, 0.1) is 18.7 Å². The number of H-pyrrole nitrogens is 1. The summed E-state index contributed by atoms with van der Waals surface area (Å²) in [7, 11) is 1.48. The summed E-state index contributed by atoms with van der Waals surface area (Å²) in [5.74, 6) is -0.798. The lowest BCUT2D eigenvalue weighted by molar-refractivity contribution is -0.123. The molecule has 0 aliphatic rings. The van der Waals surface area contributed by atoms with Gasteiger partial charge < -0.3 is 15.2 Å². The maximum Gasteiger partial charge on any atom is 0.272 e. The molecule has 176 valence electrons. The lowest BCUT2D eigenvalue weighted by atomic mass is 10.0. The lowest BCUT2D eigenvalue weighted by Crippen LogP contribution is -2.40. The molecule has 1 atom stereocenters. The summed E-state index contributed by atoms with van der Waals surface area (Å²) in [5.41, 5.74) is 2.72. The van der Waals surface area contributed by atoms with Gasteiger partial charge in [-0.15, -0.1) is 0 Å². The number of nitrogens with one attached hydrogen (secondary N) is 3. The first kappa shape index (κ1) is 23.2. The Bertz CT molecular complexity index is 1470. The van der Waals surface area contributed by atoms with Crippen molar-refractivity contribution in [2.45, 2.75) is 6.04 Å². The number of rotatable bonds is 7. The molecule has 0 saturated carbocycles. The van der Waals surface area contributed by atoms with E-state index in [0.717, 1.165) is 0 Å². The van der Waals surface area contributed by atoms with Gasteiger partial charge >= 0.3 is 0 Å². The second-order valence-corrected chi connectivity index (χ2v) is 7.42. The molecule has 0 saturated heterocycles. The number of hydrogen-bond acceptors (Lipinski definition) is 7. The number of benzene rings is 3. The second-order valence-electron chi connectivity index (χ2n) is 7.42. The number of ether oxygens (including phenoxy) is 1. The Hall–Kier alpha value is -4.99. The van der Waals surface area contributed by atoms with E-state index in [-0.39, 0.29) is 11.4 Å². The van der Waals surface area contributed by atoms with Crippen LogP contribution in [0.4, 0.5) is 0 Å². The molecule has 10 heteroatoms. The largest absolute Gasteiger partial charge is 0.507 e. The summed E-state index contributed by atoms with van der Waals surface area (Å²) in [6.07, 6.45) is 1.24. The summed E-state index contributed by atoms with van der Waals surface area (Å²) < 4.78 is 5.12. The number of nitrogens with zero attached hydrogens (tertiary/aromatic N) is 2. The van der Waals surface area contributed by atoms with Gasteiger partial charge in [0.15, 0.2) is 6.04 Å². The number of fused-ring (bicyclic) bond motifs is 1. The van der Waals surface area contributed by atoms with E-state index in [0.29, 0.717) is 27.6 Å². The standard InChI is InChI=1S/C25H21N5O5/c1-35-17-11-12-20(31)16(13-17)14-26-29-25(34)22(27-23(32)15-7-3-2-4-8-15)21-18-9-5-6-10-19(18)24(33)30-28-21/h2-14,22,31H,1H3,(H,27,32)(H,29,34)(H,30,33)/b26-14-/t22-/m1/s1. The monoisotopic (exact) mass is 471 g/mol. The number of hydrazone groups is 1. The molecule has 0 spiro atoms. The average molecular weight is 471 g/mol. The van der Waals surface area contributed by atoms with Crippen LogP contribution in [0.15, 0.2) is 82.7 Å². The van der Waals surface area contributed by atoms with Crippen LogP contribution in [0.1, 0.15) is 27.7 Å². The molecule has 0 fully saturated rings. The van der Waals surface area contributed by atoms with Crippen molar-refractivity contribution in [1.82, 2.24) is 20.9 Å². The minimum atomic E-state index is -1.29. The summed E-state index contributed by atoms with van der Waals surface area (Å²) in [4.78, 5) is 38.3. The number of aromatic nitrogens is 2. The first-order valence-electron chi connectivity index (χ1n) is 10.5. The van der Waals surface area contributed by atoms with Gasteiger partial charge in [-0.2, -0.15) is 10.2 Å². The molecule has 3 aromatic carbocycles. The topological polar surface area (TPSA) is 146 Å². The van der Waals surface area contributed by atoms with Crippen molar-refractivity contribution in [3.63, 3.8) is 0 Å². The van der Waals surface area contributed by atoms with E-state index in [1.165, 1.54) is 25.5 Å². The number of aromatic hydroxyl groups is 1. The highest BCUT2D eigenvalue weighted by atomic mass is 16.5. The quantitative estimate of drug-likeness (QED) is 0.240. The molecule has 1 aromatic heterocycles. The van der Waals surface area contributed by atoms with Crippen molar-refractivity contribution in [2.75, 3.05) is 7.11 Å². The van der Waals surface area contributed by atoms with Gasteiger partial charge in [0.25, 0.3) is 17.4 Å². The molecule has 10 nitrogen and oxygen atoms in total. The Morgan fingerprint density at radius 3 is 2.51 bits per heavy atom. The van der Waals surface area contributed by atoms with Crippen LogP contribution in [0.2, 0.25) is 0 Å².